The molecule has 0 spiro atoms. The van der Waals surface area contributed by atoms with E-state index >= 15 is 0 Å². The summed E-state index contributed by atoms with van der Waals surface area (Å²) in [4.78, 5) is 75.9. The third-order valence-electron chi connectivity index (χ3n) is 4.38. The normalized spacial score (nSPS) is 12.4. The van der Waals surface area contributed by atoms with E-state index in [1.807, 2.05) is 24.3 Å². The molecule has 16 heteroatoms. The van der Waals surface area contributed by atoms with E-state index in [0.29, 0.717) is 5.01 Å². The second-order valence-electron chi connectivity index (χ2n) is 6.82. The first-order chi connectivity index (χ1) is 15.6. The molecule has 0 aliphatic carbocycles. The van der Waals surface area contributed by atoms with E-state index in [9.17, 15) is 28.5 Å². The lowest BCUT2D eigenvalue weighted by molar-refractivity contribution is -0.176. The highest BCUT2D eigenvalue weighted by Gasteiger charge is 2.54. The van der Waals surface area contributed by atoms with Gasteiger partial charge in [0.1, 0.15) is 5.01 Å². The number of aliphatic carboxylic acids is 3. The van der Waals surface area contributed by atoms with Crippen LogP contribution in [-0.2, 0) is 28.5 Å². The summed E-state index contributed by atoms with van der Waals surface area (Å²) in [5, 5.41) is 25.8. The molecule has 0 saturated heterocycles. The van der Waals surface area contributed by atoms with E-state index in [1.54, 1.807) is 0 Å². The molecule has 1 aromatic heterocycles. The van der Waals surface area contributed by atoms with Gasteiger partial charge in [0.05, 0.1) is 16.1 Å². The third-order valence-corrected chi connectivity index (χ3v) is 6.92. The largest absolute Gasteiger partial charge is 0.480 e. The first-order valence-corrected chi connectivity index (χ1v) is 12.7. The number of benzene rings is 1. The van der Waals surface area contributed by atoms with Crippen molar-refractivity contribution in [2.75, 3.05) is 6.16 Å². The molecule has 1 aromatic carbocycles. The molecule has 5 N–H and O–H groups in total. The van der Waals surface area contributed by atoms with Crippen LogP contribution in [0.25, 0.3) is 10.2 Å². The standard InChI is InChI=1S/C11H9NO2S3.C7H11O9P/c13-9(15)5-6(11(14)16)10-12-7-3-1-2-4-8(7)17-10;8-4(9)7(5(10)11,6(12)13)2-1-3-17(14,15)16/h1-4,6H,5H2,(H,13,15)(H,14,16);1-3H2,(H,8,9)(H,10,11)(H,12,13)(H2,14,15,16). The number of aromatic nitrogens is 1. The number of hydrogen-bond acceptors (Lipinski definition) is 8. The van der Waals surface area contributed by atoms with Crippen molar-refractivity contribution in [3.63, 3.8) is 0 Å². The Balaban J connectivity index is 0.000000340. The maximum Gasteiger partial charge on any atom is 0.332 e. The molecular weight excluding hydrogens is 533 g/mol. The Bertz CT molecular complexity index is 1070. The number of thiol groups is 2. The molecule has 1 unspecified atom stereocenters. The lowest BCUT2D eigenvalue weighted by Gasteiger charge is -2.19. The zero-order valence-electron chi connectivity index (χ0n) is 17.1. The van der Waals surface area contributed by atoms with E-state index in [4.69, 9.17) is 25.1 Å². The van der Waals surface area contributed by atoms with Gasteiger partial charge in [-0.05, 0) is 25.0 Å². The fourth-order valence-electron chi connectivity index (χ4n) is 2.64. The topological polar surface area (TPSA) is 216 Å². The number of nitrogens with zero attached hydrogens (tertiary/aromatic N) is 1. The third kappa shape index (κ3) is 8.18. The molecule has 0 aliphatic rings. The van der Waals surface area contributed by atoms with Crippen LogP contribution in [0.5, 0.6) is 0 Å². The van der Waals surface area contributed by atoms with Crippen LogP contribution in [0, 0.1) is 5.41 Å². The van der Waals surface area contributed by atoms with Gasteiger partial charge < -0.3 is 25.1 Å². The summed E-state index contributed by atoms with van der Waals surface area (Å²) >= 11 is 8.91. The Morgan fingerprint density at radius 3 is 1.94 bits per heavy atom. The second kappa shape index (κ2) is 12.4. The smallest absolute Gasteiger partial charge is 0.332 e. The maximum absolute atomic E-state index is 11.4. The number of carboxylic acid groups (broad SMARTS) is 3. The molecule has 0 radical (unpaired) electrons. The number of para-hydroxylation sites is 1. The number of rotatable bonds is 11. The van der Waals surface area contributed by atoms with Gasteiger partial charge >= 0.3 is 25.5 Å². The molecule has 2 aromatic rings. The van der Waals surface area contributed by atoms with Crippen LogP contribution in [-0.4, -0.2) is 64.4 Å². The number of fused-ring (bicyclic) bond motifs is 1. The number of carboxylic acids is 3. The van der Waals surface area contributed by atoms with Gasteiger partial charge in [-0.1, -0.05) is 12.1 Å². The molecule has 0 aliphatic heterocycles. The van der Waals surface area contributed by atoms with Crippen molar-refractivity contribution in [3.05, 3.63) is 29.3 Å². The molecule has 1 heterocycles. The number of carbonyl (C=O) groups is 5. The van der Waals surface area contributed by atoms with Crippen LogP contribution < -0.4 is 0 Å². The van der Waals surface area contributed by atoms with E-state index in [0.717, 1.165) is 10.2 Å². The summed E-state index contributed by atoms with van der Waals surface area (Å²) in [6.45, 7) is 0. The molecular formula is C18H20NO11PS3. The summed E-state index contributed by atoms with van der Waals surface area (Å²) < 4.78 is 11.5. The quantitative estimate of drug-likeness (QED) is 0.121. The van der Waals surface area contributed by atoms with Crippen molar-refractivity contribution in [1.29, 1.82) is 0 Å². The Labute approximate surface area is 207 Å². The highest BCUT2D eigenvalue weighted by Crippen LogP contribution is 2.37. The molecule has 1 atom stereocenters. The van der Waals surface area contributed by atoms with Crippen molar-refractivity contribution >= 4 is 82.5 Å². The SMILES string of the molecule is O=C(O)C(CCCP(=O)(O)O)(C(=O)O)C(=O)O.O=C(S)CC(C(=O)S)c1nc2ccccc2s1. The van der Waals surface area contributed by atoms with Gasteiger partial charge in [0.15, 0.2) is 10.2 Å². The molecule has 186 valence electrons. The lowest BCUT2D eigenvalue weighted by Crippen LogP contribution is -2.46. The molecule has 34 heavy (non-hydrogen) atoms. The summed E-state index contributed by atoms with van der Waals surface area (Å²) in [5.41, 5.74) is -2.24. The van der Waals surface area contributed by atoms with Crippen LogP contribution in [0.2, 0.25) is 0 Å². The van der Waals surface area contributed by atoms with Gasteiger partial charge in [-0.2, -0.15) is 0 Å². The van der Waals surface area contributed by atoms with E-state index < -0.39 is 55.8 Å². The molecule has 0 fully saturated rings. The maximum atomic E-state index is 11.4. The molecule has 12 nitrogen and oxygen atoms in total. The number of carbonyl (C=O) groups excluding carboxylic acids is 2. The number of thiazole rings is 1. The zero-order valence-corrected chi connectivity index (χ0v) is 20.6. The van der Waals surface area contributed by atoms with Crippen molar-refractivity contribution in [3.8, 4) is 0 Å². The molecule has 0 bridgehead atoms. The molecule has 2 rings (SSSR count). The second-order valence-corrected chi connectivity index (χ2v) is 10.6. The van der Waals surface area contributed by atoms with Crippen LogP contribution in [0.3, 0.4) is 0 Å². The van der Waals surface area contributed by atoms with Crippen molar-refractivity contribution in [1.82, 2.24) is 4.98 Å². The van der Waals surface area contributed by atoms with Gasteiger partial charge in [0.2, 0.25) is 0 Å². The van der Waals surface area contributed by atoms with Gasteiger partial charge in [0, 0.05) is 12.6 Å². The summed E-state index contributed by atoms with van der Waals surface area (Å²) in [5.74, 6) is -6.84. The van der Waals surface area contributed by atoms with E-state index in [-0.39, 0.29) is 16.7 Å². The first kappa shape index (κ1) is 29.7. The van der Waals surface area contributed by atoms with Gasteiger partial charge in [-0.3, -0.25) is 28.5 Å². The Morgan fingerprint density at radius 2 is 1.53 bits per heavy atom. The van der Waals surface area contributed by atoms with Gasteiger partial charge in [-0.15, -0.1) is 36.6 Å². The average molecular weight is 554 g/mol. The van der Waals surface area contributed by atoms with Gasteiger partial charge in [0.25, 0.3) is 5.41 Å². The lowest BCUT2D eigenvalue weighted by atomic mass is 9.83. The van der Waals surface area contributed by atoms with E-state index in [2.05, 4.69) is 30.2 Å². The first-order valence-electron chi connectivity index (χ1n) is 9.16. The van der Waals surface area contributed by atoms with Crippen molar-refractivity contribution in [2.24, 2.45) is 5.41 Å². The molecule has 0 saturated carbocycles. The van der Waals surface area contributed by atoms with Gasteiger partial charge in [-0.25, -0.2) is 4.98 Å². The highest BCUT2D eigenvalue weighted by molar-refractivity contribution is 7.97. The summed E-state index contributed by atoms with van der Waals surface area (Å²) in [7, 11) is -4.42. The summed E-state index contributed by atoms with van der Waals surface area (Å²) in [6, 6.07) is 7.59. The summed E-state index contributed by atoms with van der Waals surface area (Å²) in [6.07, 6.45) is -2.18. The van der Waals surface area contributed by atoms with Crippen molar-refractivity contribution in [2.45, 2.75) is 25.2 Å². The predicted octanol–water partition coefficient (Wildman–Crippen LogP) is 1.87. The van der Waals surface area contributed by atoms with Crippen molar-refractivity contribution < 1.29 is 53.6 Å². The predicted molar refractivity (Wildman–Crippen MR) is 126 cm³/mol. The highest BCUT2D eigenvalue weighted by atomic mass is 32.1. The zero-order chi connectivity index (χ0) is 26.3. The Hall–Kier alpha value is -2.29. The van der Waals surface area contributed by atoms with Crippen LogP contribution in [0.15, 0.2) is 24.3 Å². The average Bonchev–Trinajstić information content (AvgIpc) is 3.11. The fraction of sp³-hybridized carbons (Fsp3) is 0.333. The number of hydrogen-bond donors (Lipinski definition) is 7. The van der Waals surface area contributed by atoms with E-state index in [1.165, 1.54) is 11.3 Å². The fourth-order valence-corrected chi connectivity index (χ4v) is 4.76. The minimum Gasteiger partial charge on any atom is -0.480 e. The van der Waals surface area contributed by atoms with Crippen LogP contribution in [0.1, 0.15) is 30.2 Å². The molecule has 0 amide bonds. The van der Waals surface area contributed by atoms with Crippen LogP contribution >= 0.6 is 44.2 Å². The minimum absolute atomic E-state index is 0.0330. The monoisotopic (exact) mass is 553 g/mol. The van der Waals surface area contributed by atoms with Crippen LogP contribution in [0.4, 0.5) is 0 Å². The Kier molecular flexibility index (Phi) is 10.9. The minimum atomic E-state index is -4.42. The Morgan fingerprint density at radius 1 is 1.00 bits per heavy atom.